The van der Waals surface area contributed by atoms with Gasteiger partial charge in [0.1, 0.15) is 18.8 Å². The molecule has 1 aliphatic carbocycles. The van der Waals surface area contributed by atoms with Crippen molar-refractivity contribution >= 4 is 22.5 Å². The van der Waals surface area contributed by atoms with Crippen LogP contribution in [0.2, 0.25) is 0 Å². The predicted octanol–water partition coefficient (Wildman–Crippen LogP) is 2.81. The molecule has 0 saturated heterocycles. The fourth-order valence-electron chi connectivity index (χ4n) is 4.44. The van der Waals surface area contributed by atoms with Crippen molar-refractivity contribution in [2.24, 2.45) is 0 Å². The number of rotatable bonds is 6. The monoisotopic (exact) mass is 464 g/mol. The summed E-state index contributed by atoms with van der Waals surface area (Å²) in [4.78, 5) is 21.9. The minimum atomic E-state index is -1.42. The average molecular weight is 465 g/mol. The summed E-state index contributed by atoms with van der Waals surface area (Å²) in [6.45, 7) is 1.65. The highest BCUT2D eigenvalue weighted by Crippen LogP contribution is 2.32. The van der Waals surface area contributed by atoms with E-state index < -0.39 is 11.5 Å². The van der Waals surface area contributed by atoms with Gasteiger partial charge in [-0.3, -0.25) is 9.78 Å². The van der Waals surface area contributed by atoms with Crippen LogP contribution in [-0.4, -0.2) is 52.9 Å². The highest BCUT2D eigenvalue weighted by atomic mass is 16.6. The standard InChI is InChI=1S/C25H28N4O5/c1-32-22-6-5-16-3-2-4-19(23(16)29-22)28-24(30)25(31)9-7-17(8-10-25)26-14-18-13-20-21(15-27-18)34-12-11-33-20/h2-6,13,15,17,26,31H,7-12,14H2,1H3,(H,28,30). The van der Waals surface area contributed by atoms with Gasteiger partial charge in [-0.15, -0.1) is 0 Å². The molecule has 1 saturated carbocycles. The number of amides is 1. The van der Waals surface area contributed by atoms with Crippen LogP contribution in [0.4, 0.5) is 5.69 Å². The molecular weight excluding hydrogens is 436 g/mol. The van der Waals surface area contributed by atoms with Crippen LogP contribution in [0.5, 0.6) is 17.4 Å². The van der Waals surface area contributed by atoms with Gasteiger partial charge in [0.25, 0.3) is 5.91 Å². The molecule has 0 radical (unpaired) electrons. The van der Waals surface area contributed by atoms with Crippen LogP contribution in [0.1, 0.15) is 31.4 Å². The molecule has 0 unspecified atom stereocenters. The summed E-state index contributed by atoms with van der Waals surface area (Å²) in [5, 5.41) is 18.3. The van der Waals surface area contributed by atoms with E-state index in [-0.39, 0.29) is 6.04 Å². The number of fused-ring (bicyclic) bond motifs is 2. The lowest BCUT2D eigenvalue weighted by Gasteiger charge is -2.35. The second-order valence-corrected chi connectivity index (χ2v) is 8.69. The Bertz CT molecular complexity index is 1190. The van der Waals surface area contributed by atoms with Gasteiger partial charge in [-0.1, -0.05) is 12.1 Å². The summed E-state index contributed by atoms with van der Waals surface area (Å²) in [7, 11) is 1.55. The van der Waals surface area contributed by atoms with Crippen molar-refractivity contribution in [3.63, 3.8) is 0 Å². The lowest BCUT2D eigenvalue weighted by atomic mass is 9.81. The first kappa shape index (κ1) is 22.4. The Labute approximate surface area is 197 Å². The third kappa shape index (κ3) is 4.62. The fourth-order valence-corrected chi connectivity index (χ4v) is 4.44. The van der Waals surface area contributed by atoms with E-state index in [1.807, 2.05) is 24.3 Å². The third-order valence-corrected chi connectivity index (χ3v) is 6.45. The second kappa shape index (κ2) is 9.44. The highest BCUT2D eigenvalue weighted by molar-refractivity contribution is 6.03. The van der Waals surface area contributed by atoms with Gasteiger partial charge < -0.3 is 30.0 Å². The summed E-state index contributed by atoms with van der Waals surface area (Å²) < 4.78 is 16.3. The van der Waals surface area contributed by atoms with Crippen LogP contribution < -0.4 is 24.8 Å². The number of para-hydroxylation sites is 1. The molecule has 9 heteroatoms. The number of hydrogen-bond acceptors (Lipinski definition) is 8. The number of methoxy groups -OCH3 is 1. The molecule has 0 spiro atoms. The minimum Gasteiger partial charge on any atom is -0.486 e. The van der Waals surface area contributed by atoms with Crippen molar-refractivity contribution in [1.82, 2.24) is 15.3 Å². The van der Waals surface area contributed by atoms with E-state index in [1.165, 1.54) is 0 Å². The molecule has 3 heterocycles. The van der Waals surface area contributed by atoms with E-state index in [4.69, 9.17) is 14.2 Å². The number of nitrogens with zero attached hydrogens (tertiary/aromatic N) is 2. The molecule has 2 aliphatic rings. The Morgan fingerprint density at radius 1 is 1.18 bits per heavy atom. The number of pyridine rings is 2. The number of carbonyl (C=O) groups is 1. The smallest absolute Gasteiger partial charge is 0.256 e. The quantitative estimate of drug-likeness (QED) is 0.510. The normalized spacial score (nSPS) is 21.8. The van der Waals surface area contributed by atoms with Crippen LogP contribution in [0.3, 0.4) is 0 Å². The number of benzene rings is 1. The first-order chi connectivity index (χ1) is 16.5. The average Bonchev–Trinajstić information content (AvgIpc) is 2.88. The summed E-state index contributed by atoms with van der Waals surface area (Å²) >= 11 is 0. The van der Waals surface area contributed by atoms with Crippen LogP contribution in [0, 0.1) is 0 Å². The van der Waals surface area contributed by atoms with Crippen LogP contribution in [-0.2, 0) is 11.3 Å². The Balaban J connectivity index is 1.18. The van der Waals surface area contributed by atoms with Crippen molar-refractivity contribution in [2.75, 3.05) is 25.6 Å². The van der Waals surface area contributed by atoms with Gasteiger partial charge in [-0.2, -0.15) is 0 Å². The molecule has 5 rings (SSSR count). The highest BCUT2D eigenvalue weighted by Gasteiger charge is 2.40. The molecule has 0 bridgehead atoms. The molecule has 1 fully saturated rings. The van der Waals surface area contributed by atoms with Crippen molar-refractivity contribution in [2.45, 2.75) is 43.9 Å². The van der Waals surface area contributed by atoms with Crippen molar-refractivity contribution in [1.29, 1.82) is 0 Å². The van der Waals surface area contributed by atoms with Gasteiger partial charge in [0, 0.05) is 30.1 Å². The SMILES string of the molecule is COc1ccc2cccc(NC(=O)C3(O)CCC(NCc4cc5c(cn4)OCCO5)CC3)c2n1. The van der Waals surface area contributed by atoms with Crippen LogP contribution in [0.25, 0.3) is 10.9 Å². The van der Waals surface area contributed by atoms with Gasteiger partial charge in [0.05, 0.1) is 30.2 Å². The molecule has 3 aromatic rings. The van der Waals surface area contributed by atoms with Gasteiger partial charge in [-0.05, 0) is 37.8 Å². The topological polar surface area (TPSA) is 115 Å². The fraction of sp³-hybridized carbons (Fsp3) is 0.400. The third-order valence-electron chi connectivity index (χ3n) is 6.45. The van der Waals surface area contributed by atoms with Crippen molar-refractivity contribution in [3.8, 4) is 17.4 Å². The molecule has 3 N–H and O–H groups in total. The maximum Gasteiger partial charge on any atom is 0.256 e. The van der Waals surface area contributed by atoms with Crippen LogP contribution in [0.15, 0.2) is 42.6 Å². The molecule has 178 valence electrons. The Hall–Kier alpha value is -3.43. The Kier molecular flexibility index (Phi) is 6.21. The van der Waals surface area contributed by atoms with E-state index >= 15 is 0 Å². The van der Waals surface area contributed by atoms with E-state index in [9.17, 15) is 9.90 Å². The van der Waals surface area contributed by atoms with E-state index in [0.29, 0.717) is 74.0 Å². The number of carbonyl (C=O) groups excluding carboxylic acids is 1. The summed E-state index contributed by atoms with van der Waals surface area (Å²) in [6.07, 6.45) is 3.78. The maximum atomic E-state index is 13.0. The van der Waals surface area contributed by atoms with Gasteiger partial charge in [0.2, 0.25) is 5.88 Å². The predicted molar refractivity (Wildman–Crippen MR) is 126 cm³/mol. The minimum absolute atomic E-state index is 0.187. The van der Waals surface area contributed by atoms with Gasteiger partial charge in [0.15, 0.2) is 11.5 Å². The van der Waals surface area contributed by atoms with Gasteiger partial charge in [-0.25, -0.2) is 4.98 Å². The lowest BCUT2D eigenvalue weighted by Crippen LogP contribution is -2.48. The number of aromatic nitrogens is 2. The first-order valence-corrected chi connectivity index (χ1v) is 11.5. The number of ether oxygens (including phenoxy) is 3. The summed E-state index contributed by atoms with van der Waals surface area (Å²) in [6, 6.07) is 11.3. The van der Waals surface area contributed by atoms with E-state index in [0.717, 1.165) is 11.1 Å². The van der Waals surface area contributed by atoms with Crippen molar-refractivity contribution in [3.05, 3.63) is 48.3 Å². The molecule has 2 aromatic heterocycles. The first-order valence-electron chi connectivity index (χ1n) is 11.5. The summed E-state index contributed by atoms with van der Waals surface area (Å²) in [5.74, 6) is 1.44. The number of nitrogens with one attached hydrogen (secondary N) is 2. The molecule has 0 atom stereocenters. The molecule has 1 aromatic carbocycles. The largest absolute Gasteiger partial charge is 0.486 e. The second-order valence-electron chi connectivity index (χ2n) is 8.69. The Morgan fingerprint density at radius 3 is 2.76 bits per heavy atom. The van der Waals surface area contributed by atoms with E-state index in [2.05, 4.69) is 20.6 Å². The summed E-state index contributed by atoms with van der Waals surface area (Å²) in [5.41, 5.74) is 0.622. The van der Waals surface area contributed by atoms with Gasteiger partial charge >= 0.3 is 0 Å². The molecule has 9 nitrogen and oxygen atoms in total. The van der Waals surface area contributed by atoms with Crippen LogP contribution >= 0.6 is 0 Å². The maximum absolute atomic E-state index is 13.0. The molecule has 1 aliphatic heterocycles. The van der Waals surface area contributed by atoms with E-state index in [1.54, 1.807) is 25.4 Å². The zero-order valence-electron chi connectivity index (χ0n) is 19.0. The number of hydrogen-bond donors (Lipinski definition) is 3. The Morgan fingerprint density at radius 2 is 1.97 bits per heavy atom. The number of anilines is 1. The van der Waals surface area contributed by atoms with Crippen molar-refractivity contribution < 1.29 is 24.1 Å². The molecular formula is C25H28N4O5. The zero-order chi connectivity index (χ0) is 23.5. The molecule has 34 heavy (non-hydrogen) atoms. The lowest BCUT2D eigenvalue weighted by molar-refractivity contribution is -0.137. The zero-order valence-corrected chi connectivity index (χ0v) is 19.0. The molecule has 1 amide bonds. The number of aliphatic hydroxyl groups is 1.